The van der Waals surface area contributed by atoms with Crippen LogP contribution < -0.4 is 14.5 Å². The number of sulfonamides is 1. The van der Waals surface area contributed by atoms with E-state index in [2.05, 4.69) is 24.4 Å². The van der Waals surface area contributed by atoms with Crippen molar-refractivity contribution in [3.63, 3.8) is 0 Å². The summed E-state index contributed by atoms with van der Waals surface area (Å²) < 4.78 is 40.4. The number of hydrogen-bond acceptors (Lipinski definition) is 8. The monoisotopic (exact) mass is 601 g/mol. The van der Waals surface area contributed by atoms with E-state index in [0.29, 0.717) is 36.3 Å². The van der Waals surface area contributed by atoms with Gasteiger partial charge in [0.2, 0.25) is 10.0 Å². The van der Waals surface area contributed by atoms with Crippen LogP contribution in [0.15, 0.2) is 30.7 Å². The van der Waals surface area contributed by atoms with Crippen LogP contribution in [0.1, 0.15) is 63.2 Å². The number of halogens is 1. The zero-order chi connectivity index (χ0) is 30.0. The van der Waals surface area contributed by atoms with Gasteiger partial charge in [-0.2, -0.15) is 0 Å². The van der Waals surface area contributed by atoms with Gasteiger partial charge in [0.25, 0.3) is 5.91 Å². The molecule has 0 spiro atoms. The van der Waals surface area contributed by atoms with Gasteiger partial charge < -0.3 is 19.6 Å². The van der Waals surface area contributed by atoms with E-state index < -0.39 is 15.8 Å². The molecule has 42 heavy (non-hydrogen) atoms. The Kier molecular flexibility index (Phi) is 9.34. The number of nitrogens with one attached hydrogen (secondary N) is 1. The Morgan fingerprint density at radius 1 is 1.12 bits per heavy atom. The number of carbonyl (C=O) groups excluding carboxylic acids is 1. The van der Waals surface area contributed by atoms with E-state index in [-0.39, 0.29) is 18.0 Å². The van der Waals surface area contributed by atoms with Crippen molar-refractivity contribution in [2.45, 2.75) is 71.0 Å². The second-order valence-electron chi connectivity index (χ2n) is 12.2. The molecule has 2 aromatic rings. The van der Waals surface area contributed by atoms with Gasteiger partial charge in [0, 0.05) is 57.4 Å². The zero-order valence-electron chi connectivity index (χ0n) is 25.2. The summed E-state index contributed by atoms with van der Waals surface area (Å²) in [6.07, 6.45) is 9.49. The predicted octanol–water partition coefficient (Wildman–Crippen LogP) is 3.63. The Hall–Kier alpha value is -2.83. The molecule has 1 aromatic carbocycles. The maximum absolute atomic E-state index is 14.4. The number of nitrogens with zero attached hydrogens (tertiary/aromatic N) is 6. The van der Waals surface area contributed by atoms with Crippen molar-refractivity contribution < 1.29 is 17.6 Å². The fourth-order valence-corrected chi connectivity index (χ4v) is 7.78. The molecular formula is C30H44FN7O3S. The van der Waals surface area contributed by atoms with Crippen molar-refractivity contribution in [1.29, 1.82) is 0 Å². The predicted molar refractivity (Wildman–Crippen MR) is 163 cm³/mol. The van der Waals surface area contributed by atoms with E-state index in [1.807, 2.05) is 20.8 Å². The lowest BCUT2D eigenvalue weighted by Gasteiger charge is -2.41. The van der Waals surface area contributed by atoms with Gasteiger partial charge in [-0.25, -0.2) is 27.5 Å². The van der Waals surface area contributed by atoms with E-state index in [1.54, 1.807) is 23.5 Å². The molecule has 2 aliphatic heterocycles. The van der Waals surface area contributed by atoms with E-state index >= 15 is 0 Å². The van der Waals surface area contributed by atoms with E-state index in [4.69, 9.17) is 4.98 Å². The molecule has 1 aromatic heterocycles. The molecule has 0 bridgehead atoms. The third-order valence-electron chi connectivity index (χ3n) is 8.94. The van der Waals surface area contributed by atoms with E-state index in [0.717, 1.165) is 69.8 Å². The summed E-state index contributed by atoms with van der Waals surface area (Å²) in [7, 11) is -3.16. The Labute approximate surface area is 249 Å². The van der Waals surface area contributed by atoms with Crippen molar-refractivity contribution in [3.8, 4) is 0 Å². The highest BCUT2D eigenvalue weighted by molar-refractivity contribution is 7.88. The molecule has 1 saturated carbocycles. The molecule has 12 heteroatoms. The highest BCUT2D eigenvalue weighted by atomic mass is 32.2. The van der Waals surface area contributed by atoms with Gasteiger partial charge in [-0.1, -0.05) is 0 Å². The van der Waals surface area contributed by atoms with Crippen molar-refractivity contribution >= 4 is 33.1 Å². The first-order valence-electron chi connectivity index (χ1n) is 15.2. The van der Waals surface area contributed by atoms with Gasteiger partial charge in [0.15, 0.2) is 5.82 Å². The Morgan fingerprint density at radius 3 is 2.57 bits per heavy atom. The fourth-order valence-electron chi connectivity index (χ4n) is 6.94. The molecule has 1 atom stereocenters. The number of aromatic nitrogens is 2. The minimum atomic E-state index is -3.16. The molecule has 1 unspecified atom stereocenters. The summed E-state index contributed by atoms with van der Waals surface area (Å²) in [5.41, 5.74) is 1.85. The number of fused-ring (bicyclic) bond motifs is 1. The van der Waals surface area contributed by atoms with Crippen LogP contribution >= 0.6 is 0 Å². The second kappa shape index (κ2) is 12.8. The molecule has 230 valence electrons. The van der Waals surface area contributed by atoms with E-state index in [1.165, 1.54) is 18.4 Å². The number of anilines is 3. The quantitative estimate of drug-likeness (QED) is 0.465. The van der Waals surface area contributed by atoms with Gasteiger partial charge in [-0.3, -0.25) is 4.79 Å². The molecule has 1 saturated heterocycles. The summed E-state index contributed by atoms with van der Waals surface area (Å²) in [4.78, 5) is 31.3. The number of likely N-dealkylation sites (tertiary alicyclic amines) is 1. The zero-order valence-corrected chi connectivity index (χ0v) is 26.0. The molecule has 2 fully saturated rings. The first-order valence-corrected chi connectivity index (χ1v) is 17.1. The van der Waals surface area contributed by atoms with Gasteiger partial charge in [-0.05, 0) is 77.0 Å². The van der Waals surface area contributed by atoms with Crippen LogP contribution in [0.25, 0.3) is 0 Å². The van der Waals surface area contributed by atoms with Crippen molar-refractivity contribution in [3.05, 3.63) is 42.1 Å². The summed E-state index contributed by atoms with van der Waals surface area (Å²) in [5, 5.41) is 0. The lowest BCUT2D eigenvalue weighted by molar-refractivity contribution is 0.0717. The number of rotatable bonds is 9. The van der Waals surface area contributed by atoms with Crippen LogP contribution in [0.2, 0.25) is 0 Å². The fraction of sp³-hybridized carbons (Fsp3) is 0.633. The molecule has 3 heterocycles. The minimum absolute atomic E-state index is 0.00409. The highest BCUT2D eigenvalue weighted by Crippen LogP contribution is 2.39. The standard InChI is InChI=1S/C30H44FN7O3S/c1-5-36(21(2)3)30(39)26-16-23(31)8-11-27(26)38-15-14-37(29-28(38)17-32-20-33-29)25-12-13-35(19-25)18-22-6-9-24(10-7-22)34-42(4,40)41/h8,11,16-17,20-22,24-25,34H,5-7,9-10,12-15,18-19H2,1-4H3/t22-,24-,25?. The highest BCUT2D eigenvalue weighted by Gasteiger charge is 2.36. The summed E-state index contributed by atoms with van der Waals surface area (Å²) in [6.45, 7) is 10.8. The average molecular weight is 602 g/mol. The number of amides is 1. The summed E-state index contributed by atoms with van der Waals surface area (Å²) >= 11 is 0. The molecule has 10 nitrogen and oxygen atoms in total. The normalized spacial score (nSPS) is 23.3. The molecule has 5 rings (SSSR count). The van der Waals surface area contributed by atoms with Crippen LogP contribution in [0.3, 0.4) is 0 Å². The Bertz CT molecular complexity index is 1370. The molecular weight excluding hydrogens is 557 g/mol. The first kappa shape index (κ1) is 30.6. The maximum Gasteiger partial charge on any atom is 0.256 e. The molecule has 0 radical (unpaired) electrons. The first-order chi connectivity index (χ1) is 20.0. The van der Waals surface area contributed by atoms with Gasteiger partial charge in [0.1, 0.15) is 17.8 Å². The van der Waals surface area contributed by atoms with Crippen LogP contribution in [0.4, 0.5) is 21.6 Å². The molecule has 1 N–H and O–H groups in total. The van der Waals surface area contributed by atoms with Crippen LogP contribution in [0, 0.1) is 11.7 Å². The van der Waals surface area contributed by atoms with Gasteiger partial charge >= 0.3 is 0 Å². The summed E-state index contributed by atoms with van der Waals surface area (Å²) in [6, 6.07) is 4.82. The lowest BCUT2D eigenvalue weighted by atomic mass is 9.86. The molecule has 1 amide bonds. The maximum atomic E-state index is 14.4. The van der Waals surface area contributed by atoms with Gasteiger partial charge in [-0.15, -0.1) is 0 Å². The van der Waals surface area contributed by atoms with Crippen LogP contribution in [-0.2, 0) is 10.0 Å². The Morgan fingerprint density at radius 2 is 1.88 bits per heavy atom. The van der Waals surface area contributed by atoms with Crippen molar-refractivity contribution in [2.75, 3.05) is 55.3 Å². The molecule has 1 aliphatic carbocycles. The topological polar surface area (TPSA) is 102 Å². The van der Waals surface area contributed by atoms with Crippen molar-refractivity contribution in [1.82, 2.24) is 24.5 Å². The third kappa shape index (κ3) is 6.86. The molecule has 3 aliphatic rings. The minimum Gasteiger partial charge on any atom is -0.349 e. The Balaban J connectivity index is 1.29. The second-order valence-corrected chi connectivity index (χ2v) is 14.0. The third-order valence-corrected chi connectivity index (χ3v) is 9.70. The summed E-state index contributed by atoms with van der Waals surface area (Å²) in [5.74, 6) is 0.803. The average Bonchev–Trinajstić information content (AvgIpc) is 3.41. The van der Waals surface area contributed by atoms with Crippen LogP contribution in [-0.4, -0.2) is 97.7 Å². The smallest absolute Gasteiger partial charge is 0.256 e. The van der Waals surface area contributed by atoms with Gasteiger partial charge in [0.05, 0.1) is 23.7 Å². The van der Waals surface area contributed by atoms with Crippen LogP contribution in [0.5, 0.6) is 0 Å². The SMILES string of the molecule is CCN(C(=O)c1cc(F)ccc1N1CCN(C2CCN(C[C@H]3CC[C@H](NS(C)(=O)=O)CC3)C2)c2ncncc21)C(C)C. The number of carbonyl (C=O) groups is 1. The van der Waals surface area contributed by atoms with E-state index in [9.17, 15) is 17.6 Å². The lowest BCUT2D eigenvalue weighted by Crippen LogP contribution is -2.47. The number of benzene rings is 1. The van der Waals surface area contributed by atoms with Crippen molar-refractivity contribution in [2.24, 2.45) is 5.92 Å². The largest absolute Gasteiger partial charge is 0.349 e. The number of hydrogen-bond donors (Lipinski definition) is 1.